The van der Waals surface area contributed by atoms with E-state index in [4.69, 9.17) is 4.74 Å². The SMILES string of the molecule is O=C(c1ccc(C(F)(F)F)nc1)N1CCCC2(CC1)CN(c1ccc(F)cc1)C(=O)CO2. The van der Waals surface area contributed by atoms with Gasteiger partial charge in [-0.05, 0) is 55.7 Å². The molecule has 1 spiro atoms. The molecule has 2 amide bonds. The second-order valence-corrected chi connectivity index (χ2v) is 8.00. The van der Waals surface area contributed by atoms with Gasteiger partial charge >= 0.3 is 6.18 Å². The number of aromatic nitrogens is 1. The smallest absolute Gasteiger partial charge is 0.363 e. The van der Waals surface area contributed by atoms with Gasteiger partial charge < -0.3 is 14.5 Å². The number of likely N-dealkylation sites (tertiary alicyclic amines) is 1. The molecule has 32 heavy (non-hydrogen) atoms. The van der Waals surface area contributed by atoms with E-state index in [9.17, 15) is 27.2 Å². The van der Waals surface area contributed by atoms with Crippen molar-refractivity contribution in [3.8, 4) is 0 Å². The molecule has 2 saturated heterocycles. The summed E-state index contributed by atoms with van der Waals surface area (Å²) in [4.78, 5) is 31.7. The van der Waals surface area contributed by atoms with Crippen molar-refractivity contribution in [3.05, 3.63) is 59.7 Å². The van der Waals surface area contributed by atoms with Gasteiger partial charge in [0.05, 0.1) is 17.7 Å². The van der Waals surface area contributed by atoms with Crippen LogP contribution in [0.25, 0.3) is 0 Å². The number of amides is 2. The Morgan fingerprint density at radius 3 is 2.47 bits per heavy atom. The first kappa shape index (κ1) is 22.2. The van der Waals surface area contributed by atoms with Crippen molar-refractivity contribution in [2.45, 2.75) is 31.0 Å². The maximum absolute atomic E-state index is 13.3. The zero-order valence-electron chi connectivity index (χ0n) is 17.1. The summed E-state index contributed by atoms with van der Waals surface area (Å²) in [7, 11) is 0. The zero-order chi connectivity index (χ0) is 22.9. The average Bonchev–Trinajstić information content (AvgIpc) is 2.98. The van der Waals surface area contributed by atoms with Gasteiger partial charge in [0, 0.05) is 25.0 Å². The molecule has 2 aliphatic heterocycles. The van der Waals surface area contributed by atoms with Crippen molar-refractivity contribution in [1.29, 1.82) is 0 Å². The van der Waals surface area contributed by atoms with Gasteiger partial charge in [-0.2, -0.15) is 13.2 Å². The Kier molecular flexibility index (Phi) is 5.89. The molecule has 3 heterocycles. The fraction of sp³-hybridized carbons (Fsp3) is 0.409. The van der Waals surface area contributed by atoms with Crippen molar-refractivity contribution in [1.82, 2.24) is 9.88 Å². The molecule has 2 fully saturated rings. The molecule has 1 aromatic heterocycles. The van der Waals surface area contributed by atoms with Crippen LogP contribution in [-0.4, -0.2) is 53.5 Å². The van der Waals surface area contributed by atoms with E-state index in [1.807, 2.05) is 0 Å². The van der Waals surface area contributed by atoms with Gasteiger partial charge in [0.25, 0.3) is 11.8 Å². The van der Waals surface area contributed by atoms with E-state index < -0.39 is 29.2 Å². The Balaban J connectivity index is 1.45. The molecule has 6 nitrogen and oxygen atoms in total. The molecule has 0 aliphatic carbocycles. The second-order valence-electron chi connectivity index (χ2n) is 8.00. The van der Waals surface area contributed by atoms with Crippen molar-refractivity contribution in [2.24, 2.45) is 0 Å². The zero-order valence-corrected chi connectivity index (χ0v) is 17.1. The highest BCUT2D eigenvalue weighted by atomic mass is 19.4. The molecule has 0 N–H and O–H groups in total. The number of anilines is 1. The van der Waals surface area contributed by atoms with E-state index in [0.29, 0.717) is 38.0 Å². The van der Waals surface area contributed by atoms with E-state index in [-0.39, 0.29) is 24.6 Å². The van der Waals surface area contributed by atoms with E-state index >= 15 is 0 Å². The van der Waals surface area contributed by atoms with Gasteiger partial charge in [-0.25, -0.2) is 4.39 Å². The molecule has 1 aromatic carbocycles. The summed E-state index contributed by atoms with van der Waals surface area (Å²) >= 11 is 0. The number of hydrogen-bond acceptors (Lipinski definition) is 4. The number of carbonyl (C=O) groups is 2. The van der Waals surface area contributed by atoms with E-state index in [2.05, 4.69) is 4.98 Å². The summed E-state index contributed by atoms with van der Waals surface area (Å²) in [6.45, 7) is 0.899. The maximum Gasteiger partial charge on any atom is 0.433 e. The van der Waals surface area contributed by atoms with E-state index in [1.54, 1.807) is 9.80 Å². The molecular weight excluding hydrogens is 430 g/mol. The number of rotatable bonds is 2. The number of benzene rings is 1. The van der Waals surface area contributed by atoms with Gasteiger partial charge in [-0.3, -0.25) is 14.6 Å². The summed E-state index contributed by atoms with van der Waals surface area (Å²) in [6, 6.07) is 7.58. The lowest BCUT2D eigenvalue weighted by Crippen LogP contribution is -2.55. The molecular formula is C22H21F4N3O3. The fourth-order valence-electron chi connectivity index (χ4n) is 4.11. The monoisotopic (exact) mass is 451 g/mol. The molecule has 10 heteroatoms. The summed E-state index contributed by atoms with van der Waals surface area (Å²) in [5.41, 5.74) is -1.05. The molecule has 2 aliphatic rings. The number of nitrogens with zero attached hydrogens (tertiary/aromatic N) is 3. The van der Waals surface area contributed by atoms with Crippen molar-refractivity contribution >= 4 is 17.5 Å². The van der Waals surface area contributed by atoms with Crippen LogP contribution in [0, 0.1) is 5.82 Å². The van der Waals surface area contributed by atoms with Crippen molar-refractivity contribution in [2.75, 3.05) is 31.1 Å². The largest absolute Gasteiger partial charge is 0.433 e. The Bertz CT molecular complexity index is 995. The first-order valence-corrected chi connectivity index (χ1v) is 10.2. The number of pyridine rings is 1. The molecule has 4 rings (SSSR count). The number of alkyl halides is 3. The third-order valence-corrected chi connectivity index (χ3v) is 5.87. The molecule has 0 radical (unpaired) electrons. The lowest BCUT2D eigenvalue weighted by Gasteiger charge is -2.42. The highest BCUT2D eigenvalue weighted by Crippen LogP contribution is 2.33. The van der Waals surface area contributed by atoms with E-state index in [1.165, 1.54) is 24.3 Å². The van der Waals surface area contributed by atoms with Crippen LogP contribution in [0.3, 0.4) is 0 Å². The second kappa shape index (κ2) is 8.50. The predicted octanol–water partition coefficient (Wildman–Crippen LogP) is 3.67. The first-order valence-electron chi connectivity index (χ1n) is 10.2. The molecule has 1 unspecified atom stereocenters. The minimum atomic E-state index is -4.57. The summed E-state index contributed by atoms with van der Waals surface area (Å²) in [5.74, 6) is -1.02. The Morgan fingerprint density at radius 1 is 1.06 bits per heavy atom. The normalized spacial score (nSPS) is 22.2. The number of hydrogen-bond donors (Lipinski definition) is 0. The highest BCUT2D eigenvalue weighted by Gasteiger charge is 2.42. The third-order valence-electron chi connectivity index (χ3n) is 5.87. The lowest BCUT2D eigenvalue weighted by molar-refractivity contribution is -0.141. The lowest BCUT2D eigenvalue weighted by atomic mass is 9.92. The number of morpholine rings is 1. The van der Waals surface area contributed by atoms with Gasteiger partial charge in [0.15, 0.2) is 0 Å². The van der Waals surface area contributed by atoms with Crippen molar-refractivity contribution < 1.29 is 31.9 Å². The number of ether oxygens (including phenoxy) is 1. The molecule has 170 valence electrons. The minimum Gasteiger partial charge on any atom is -0.363 e. The van der Waals surface area contributed by atoms with Crippen LogP contribution in [-0.2, 0) is 15.7 Å². The summed E-state index contributed by atoms with van der Waals surface area (Å²) < 4.78 is 57.3. The van der Waals surface area contributed by atoms with E-state index in [0.717, 1.165) is 18.3 Å². The Hall–Kier alpha value is -3.01. The van der Waals surface area contributed by atoms with Gasteiger partial charge in [-0.1, -0.05) is 0 Å². The predicted molar refractivity (Wildman–Crippen MR) is 106 cm³/mol. The first-order chi connectivity index (χ1) is 15.2. The van der Waals surface area contributed by atoms with Crippen LogP contribution in [0.15, 0.2) is 42.6 Å². The Labute approximate surface area is 181 Å². The molecule has 0 bridgehead atoms. The highest BCUT2D eigenvalue weighted by molar-refractivity contribution is 5.95. The van der Waals surface area contributed by atoms with Crippen molar-refractivity contribution in [3.63, 3.8) is 0 Å². The van der Waals surface area contributed by atoms with Crippen LogP contribution < -0.4 is 4.90 Å². The van der Waals surface area contributed by atoms with Gasteiger partial charge in [-0.15, -0.1) is 0 Å². The third kappa shape index (κ3) is 4.59. The van der Waals surface area contributed by atoms with Crippen LogP contribution >= 0.6 is 0 Å². The average molecular weight is 451 g/mol. The Morgan fingerprint density at radius 2 is 1.81 bits per heavy atom. The number of halogens is 4. The van der Waals surface area contributed by atoms with Gasteiger partial charge in [0.2, 0.25) is 0 Å². The molecule has 1 atom stereocenters. The topological polar surface area (TPSA) is 62.7 Å². The molecule has 0 saturated carbocycles. The quantitative estimate of drug-likeness (QED) is 0.654. The fourth-order valence-corrected chi connectivity index (χ4v) is 4.11. The van der Waals surface area contributed by atoms with Crippen LogP contribution in [0.5, 0.6) is 0 Å². The summed E-state index contributed by atoms with van der Waals surface area (Å²) in [6.07, 6.45) is -1.96. The van der Waals surface area contributed by atoms with Crippen LogP contribution in [0.4, 0.5) is 23.2 Å². The van der Waals surface area contributed by atoms with Crippen LogP contribution in [0.2, 0.25) is 0 Å². The molecule has 2 aromatic rings. The maximum atomic E-state index is 13.3. The number of carbonyl (C=O) groups excluding carboxylic acids is 2. The van der Waals surface area contributed by atoms with Crippen LogP contribution in [0.1, 0.15) is 35.3 Å². The van der Waals surface area contributed by atoms with Gasteiger partial charge in [0.1, 0.15) is 18.1 Å². The standard InChI is InChI=1S/C22H21F4N3O3/c23-16-3-5-17(6-4-16)29-14-21(32-13-19(29)30)8-1-10-28(11-9-21)20(31)15-2-7-18(27-12-15)22(24,25)26/h2-7,12H,1,8-11,13-14H2. The summed E-state index contributed by atoms with van der Waals surface area (Å²) in [5, 5.41) is 0. The minimum absolute atomic E-state index is 0.0848.